The van der Waals surface area contributed by atoms with Crippen molar-refractivity contribution in [3.05, 3.63) is 29.8 Å². The summed E-state index contributed by atoms with van der Waals surface area (Å²) < 4.78 is 0. The van der Waals surface area contributed by atoms with Gasteiger partial charge in [-0.3, -0.25) is 19.4 Å². The minimum Gasteiger partial charge on any atom is -0.371 e. The summed E-state index contributed by atoms with van der Waals surface area (Å²) in [5.74, 6) is -1.48. The molecule has 4 amide bonds. The van der Waals surface area contributed by atoms with Gasteiger partial charge in [-0.2, -0.15) is 0 Å². The molecule has 0 bridgehead atoms. The lowest BCUT2D eigenvalue weighted by Crippen LogP contribution is -2.40. The van der Waals surface area contributed by atoms with E-state index in [2.05, 4.69) is 17.0 Å². The number of hydrogen-bond donors (Lipinski definition) is 0. The van der Waals surface area contributed by atoms with Gasteiger partial charge in [0.1, 0.15) is 0 Å². The van der Waals surface area contributed by atoms with Gasteiger partial charge in [0.25, 0.3) is 0 Å². The lowest BCUT2D eigenvalue weighted by molar-refractivity contribution is -0.143. The van der Waals surface area contributed by atoms with E-state index in [9.17, 15) is 14.4 Å². The van der Waals surface area contributed by atoms with Crippen LogP contribution in [0.2, 0.25) is 0 Å². The molecule has 1 aromatic rings. The second kappa shape index (κ2) is 7.23. The van der Waals surface area contributed by atoms with Gasteiger partial charge in [0.05, 0.1) is 6.67 Å². The molecule has 0 atom stereocenters. The van der Waals surface area contributed by atoms with Crippen LogP contribution in [-0.4, -0.2) is 65.9 Å². The van der Waals surface area contributed by atoms with E-state index in [1.165, 1.54) is 18.5 Å². The first-order chi connectivity index (χ1) is 12.0. The predicted octanol–water partition coefficient (Wildman–Crippen LogP) is 1.49. The van der Waals surface area contributed by atoms with Crippen molar-refractivity contribution in [2.75, 3.05) is 38.3 Å². The Morgan fingerprint density at radius 1 is 1.00 bits per heavy atom. The van der Waals surface area contributed by atoms with Crippen LogP contribution in [0.4, 0.5) is 10.5 Å². The Morgan fingerprint density at radius 2 is 1.64 bits per heavy atom. The summed E-state index contributed by atoms with van der Waals surface area (Å²) in [4.78, 5) is 42.3. The lowest BCUT2D eigenvalue weighted by atomic mass is 10.1. The Morgan fingerprint density at radius 3 is 2.28 bits per heavy atom. The van der Waals surface area contributed by atoms with Crippen LogP contribution in [0.3, 0.4) is 0 Å². The number of rotatable bonds is 6. The predicted molar refractivity (Wildman–Crippen MR) is 93.9 cm³/mol. The molecular formula is C18H24N4O3. The zero-order chi connectivity index (χ0) is 18.0. The van der Waals surface area contributed by atoms with Gasteiger partial charge in [0.2, 0.25) is 0 Å². The molecule has 0 aromatic heterocycles. The molecule has 134 valence electrons. The average Bonchev–Trinajstić information content (AvgIpc) is 3.20. The van der Waals surface area contributed by atoms with Crippen molar-refractivity contribution in [3.63, 3.8) is 0 Å². The molecule has 0 unspecified atom stereocenters. The first kappa shape index (κ1) is 17.4. The molecule has 2 aliphatic rings. The summed E-state index contributed by atoms with van der Waals surface area (Å²) in [5, 5.41) is 0. The van der Waals surface area contributed by atoms with Gasteiger partial charge in [-0.1, -0.05) is 18.2 Å². The third kappa shape index (κ3) is 3.37. The number of likely N-dealkylation sites (N-methyl/N-ethyl adjacent to an activating group) is 1. The van der Waals surface area contributed by atoms with Crippen LogP contribution >= 0.6 is 0 Å². The van der Waals surface area contributed by atoms with E-state index in [1.807, 2.05) is 24.1 Å². The molecule has 25 heavy (non-hydrogen) atoms. The number of imide groups is 2. The Bertz CT molecular complexity index is 685. The Hall–Kier alpha value is -2.41. The molecule has 7 nitrogen and oxygen atoms in total. The summed E-state index contributed by atoms with van der Waals surface area (Å²) in [7, 11) is 1.85. The van der Waals surface area contributed by atoms with Crippen molar-refractivity contribution < 1.29 is 14.4 Å². The van der Waals surface area contributed by atoms with E-state index in [1.54, 1.807) is 6.92 Å². The molecule has 1 aromatic carbocycles. The number of hydrogen-bond acceptors (Lipinski definition) is 5. The van der Waals surface area contributed by atoms with Gasteiger partial charge in [-0.25, -0.2) is 9.69 Å². The molecular weight excluding hydrogens is 320 g/mol. The maximum absolute atomic E-state index is 12.2. The fraction of sp³-hybridized carbons (Fsp3) is 0.500. The van der Waals surface area contributed by atoms with Crippen molar-refractivity contribution in [1.29, 1.82) is 0 Å². The summed E-state index contributed by atoms with van der Waals surface area (Å²) >= 11 is 0. The second-order valence-electron chi connectivity index (χ2n) is 6.54. The van der Waals surface area contributed by atoms with Crippen LogP contribution in [0.25, 0.3) is 0 Å². The number of anilines is 1. The van der Waals surface area contributed by atoms with Gasteiger partial charge < -0.3 is 4.90 Å². The van der Waals surface area contributed by atoms with Crippen LogP contribution in [0.5, 0.6) is 0 Å². The van der Waals surface area contributed by atoms with Crippen LogP contribution in [0.1, 0.15) is 25.3 Å². The highest BCUT2D eigenvalue weighted by Crippen LogP contribution is 2.25. The minimum absolute atomic E-state index is 0.105. The standard InChI is InChI=1S/C18H24N4O3/c1-3-21-16(23)17(24)22(18(21)25)13-19(2)12-14-8-4-5-9-15(14)20-10-6-7-11-20/h4-5,8-9H,3,6-7,10-13H2,1-2H3. The van der Waals surface area contributed by atoms with Crippen LogP contribution in [-0.2, 0) is 16.1 Å². The van der Waals surface area contributed by atoms with E-state index in [0.29, 0.717) is 6.54 Å². The highest BCUT2D eigenvalue weighted by Gasteiger charge is 2.43. The number of para-hydroxylation sites is 1. The van der Waals surface area contributed by atoms with E-state index in [0.717, 1.165) is 28.5 Å². The number of carbonyl (C=O) groups excluding carboxylic acids is 3. The Labute approximate surface area is 147 Å². The maximum atomic E-state index is 12.2. The highest BCUT2D eigenvalue weighted by atomic mass is 16.2. The molecule has 2 heterocycles. The van der Waals surface area contributed by atoms with E-state index in [4.69, 9.17) is 0 Å². The molecule has 0 N–H and O–H groups in total. The number of nitrogens with zero attached hydrogens (tertiary/aromatic N) is 4. The fourth-order valence-electron chi connectivity index (χ4n) is 3.45. The number of urea groups is 1. The van der Waals surface area contributed by atoms with Crippen molar-refractivity contribution in [2.24, 2.45) is 0 Å². The minimum atomic E-state index is -0.744. The maximum Gasteiger partial charge on any atom is 0.335 e. The van der Waals surface area contributed by atoms with Crippen LogP contribution in [0, 0.1) is 0 Å². The quantitative estimate of drug-likeness (QED) is 0.578. The lowest BCUT2D eigenvalue weighted by Gasteiger charge is -2.26. The fourth-order valence-corrected chi connectivity index (χ4v) is 3.45. The van der Waals surface area contributed by atoms with E-state index >= 15 is 0 Å². The third-order valence-corrected chi connectivity index (χ3v) is 4.71. The van der Waals surface area contributed by atoms with Gasteiger partial charge in [0.15, 0.2) is 0 Å². The zero-order valence-corrected chi connectivity index (χ0v) is 14.8. The summed E-state index contributed by atoms with van der Waals surface area (Å²) in [6.07, 6.45) is 2.41. The molecule has 0 aliphatic carbocycles. The topological polar surface area (TPSA) is 64.2 Å². The summed E-state index contributed by atoms with van der Waals surface area (Å²) in [5.41, 5.74) is 2.36. The molecule has 0 radical (unpaired) electrons. The van der Waals surface area contributed by atoms with Crippen molar-refractivity contribution in [3.8, 4) is 0 Å². The smallest absolute Gasteiger partial charge is 0.335 e. The van der Waals surface area contributed by atoms with Crippen molar-refractivity contribution in [2.45, 2.75) is 26.3 Å². The normalized spacial score (nSPS) is 18.2. The number of amides is 4. The zero-order valence-electron chi connectivity index (χ0n) is 14.8. The molecule has 2 saturated heterocycles. The Balaban J connectivity index is 1.69. The van der Waals surface area contributed by atoms with Crippen molar-refractivity contribution >= 4 is 23.5 Å². The van der Waals surface area contributed by atoms with E-state index in [-0.39, 0.29) is 13.2 Å². The summed E-state index contributed by atoms with van der Waals surface area (Å²) in [6, 6.07) is 7.68. The van der Waals surface area contributed by atoms with Crippen LogP contribution in [0.15, 0.2) is 24.3 Å². The average molecular weight is 344 g/mol. The SMILES string of the molecule is CCN1C(=O)C(=O)N(CN(C)Cc2ccccc2N2CCCC2)C1=O. The van der Waals surface area contributed by atoms with Gasteiger partial charge >= 0.3 is 17.8 Å². The van der Waals surface area contributed by atoms with Gasteiger partial charge in [-0.05, 0) is 38.4 Å². The van der Waals surface area contributed by atoms with E-state index < -0.39 is 17.8 Å². The monoisotopic (exact) mass is 344 g/mol. The first-order valence-corrected chi connectivity index (χ1v) is 8.71. The first-order valence-electron chi connectivity index (χ1n) is 8.71. The molecule has 0 spiro atoms. The number of benzene rings is 1. The van der Waals surface area contributed by atoms with Gasteiger partial charge in [0, 0.05) is 31.9 Å². The molecule has 0 saturated carbocycles. The summed E-state index contributed by atoms with van der Waals surface area (Å²) in [6.45, 7) is 4.72. The molecule has 2 fully saturated rings. The van der Waals surface area contributed by atoms with Gasteiger partial charge in [-0.15, -0.1) is 0 Å². The molecule has 7 heteroatoms. The largest absolute Gasteiger partial charge is 0.371 e. The second-order valence-corrected chi connectivity index (χ2v) is 6.54. The highest BCUT2D eigenvalue weighted by molar-refractivity contribution is 6.44. The van der Waals surface area contributed by atoms with Crippen LogP contribution < -0.4 is 4.90 Å². The third-order valence-electron chi connectivity index (χ3n) is 4.71. The Kier molecular flexibility index (Phi) is 5.03. The van der Waals surface area contributed by atoms with Crippen molar-refractivity contribution in [1.82, 2.24) is 14.7 Å². The molecule has 3 rings (SSSR count). The molecule has 2 aliphatic heterocycles. The number of carbonyl (C=O) groups is 3.